The summed E-state index contributed by atoms with van der Waals surface area (Å²) in [6.45, 7) is 1.96. The van der Waals surface area contributed by atoms with Gasteiger partial charge < -0.3 is 15.1 Å². The van der Waals surface area contributed by atoms with E-state index in [1.165, 1.54) is 18.2 Å². The number of aromatic hydroxyl groups is 2. The summed E-state index contributed by atoms with van der Waals surface area (Å²) in [7, 11) is 1.71. The first-order valence-electron chi connectivity index (χ1n) is 7.76. The number of phenols is 2. The van der Waals surface area contributed by atoms with E-state index < -0.39 is 0 Å². The van der Waals surface area contributed by atoms with Gasteiger partial charge in [-0.3, -0.25) is 4.79 Å². The van der Waals surface area contributed by atoms with Gasteiger partial charge in [0.1, 0.15) is 11.5 Å². The molecule has 24 heavy (non-hydrogen) atoms. The van der Waals surface area contributed by atoms with Crippen molar-refractivity contribution in [3.63, 3.8) is 0 Å². The smallest absolute Gasteiger partial charge is 0.257 e. The van der Waals surface area contributed by atoms with Crippen LogP contribution < -0.4 is 0 Å². The van der Waals surface area contributed by atoms with Gasteiger partial charge in [-0.2, -0.15) is 0 Å². The number of phenolic OH excluding ortho intramolecular Hbond substituents is 2. The lowest BCUT2D eigenvalue weighted by Gasteiger charge is -2.26. The van der Waals surface area contributed by atoms with Gasteiger partial charge in [-0.1, -0.05) is 42.5 Å². The number of hydrogen-bond acceptors (Lipinski definition) is 3. The highest BCUT2D eigenvalue weighted by molar-refractivity contribution is 5.97. The van der Waals surface area contributed by atoms with Crippen molar-refractivity contribution in [3.05, 3.63) is 71.8 Å². The Balaban J connectivity index is 1.96. The fourth-order valence-corrected chi connectivity index (χ4v) is 2.89. The van der Waals surface area contributed by atoms with E-state index in [1.54, 1.807) is 11.9 Å². The molecule has 0 aromatic heterocycles. The number of fused-ring (bicyclic) bond motifs is 1. The molecule has 0 heterocycles. The van der Waals surface area contributed by atoms with Crippen LogP contribution in [0.4, 0.5) is 0 Å². The van der Waals surface area contributed by atoms with Gasteiger partial charge in [-0.15, -0.1) is 0 Å². The molecule has 3 aromatic carbocycles. The molecule has 4 nitrogen and oxygen atoms in total. The summed E-state index contributed by atoms with van der Waals surface area (Å²) in [4.78, 5) is 14.3. The van der Waals surface area contributed by atoms with E-state index in [9.17, 15) is 15.0 Å². The number of rotatable bonds is 3. The second-order valence-corrected chi connectivity index (χ2v) is 5.86. The van der Waals surface area contributed by atoms with Crippen LogP contribution in [0.25, 0.3) is 10.8 Å². The molecule has 0 fully saturated rings. The van der Waals surface area contributed by atoms with Gasteiger partial charge in [0, 0.05) is 13.1 Å². The fraction of sp³-hybridized carbons (Fsp3) is 0.150. The van der Waals surface area contributed by atoms with Crippen molar-refractivity contribution >= 4 is 16.7 Å². The lowest BCUT2D eigenvalue weighted by molar-refractivity contribution is 0.0740. The predicted octanol–water partition coefficient (Wildman–Crippen LogP) is 4.08. The van der Waals surface area contributed by atoms with Gasteiger partial charge in [-0.25, -0.2) is 0 Å². The molecule has 1 amide bonds. The van der Waals surface area contributed by atoms with E-state index in [2.05, 4.69) is 0 Å². The Bertz CT molecular complexity index is 899. The summed E-state index contributed by atoms with van der Waals surface area (Å²) in [5.41, 5.74) is 1.21. The molecule has 0 unspecified atom stereocenters. The first-order valence-corrected chi connectivity index (χ1v) is 7.76. The Kier molecular flexibility index (Phi) is 4.13. The topological polar surface area (TPSA) is 60.8 Å². The molecule has 0 spiro atoms. The Morgan fingerprint density at radius 3 is 2.46 bits per heavy atom. The molecular formula is C20H19NO3. The maximum Gasteiger partial charge on any atom is 0.257 e. The number of amides is 1. The second kappa shape index (κ2) is 6.24. The van der Waals surface area contributed by atoms with Crippen LogP contribution in [-0.4, -0.2) is 28.1 Å². The van der Waals surface area contributed by atoms with Crippen LogP contribution >= 0.6 is 0 Å². The third-order valence-electron chi connectivity index (χ3n) is 4.39. The van der Waals surface area contributed by atoms with Gasteiger partial charge in [0.25, 0.3) is 5.91 Å². The molecule has 3 rings (SSSR count). The van der Waals surface area contributed by atoms with E-state index in [1.807, 2.05) is 49.4 Å². The number of carbonyl (C=O) groups is 1. The molecule has 2 N–H and O–H groups in total. The van der Waals surface area contributed by atoms with E-state index in [0.29, 0.717) is 0 Å². The summed E-state index contributed by atoms with van der Waals surface area (Å²) in [5, 5.41) is 21.5. The van der Waals surface area contributed by atoms with E-state index in [4.69, 9.17) is 0 Å². The van der Waals surface area contributed by atoms with Crippen molar-refractivity contribution in [2.75, 3.05) is 7.05 Å². The van der Waals surface area contributed by atoms with Crippen molar-refractivity contribution in [3.8, 4) is 11.5 Å². The minimum atomic E-state index is -0.298. The van der Waals surface area contributed by atoms with E-state index in [0.717, 1.165) is 16.3 Å². The largest absolute Gasteiger partial charge is 0.508 e. The Morgan fingerprint density at radius 2 is 1.71 bits per heavy atom. The van der Waals surface area contributed by atoms with Gasteiger partial charge in [-0.05, 0) is 35.4 Å². The first-order chi connectivity index (χ1) is 11.5. The van der Waals surface area contributed by atoms with Gasteiger partial charge in [0.15, 0.2) is 0 Å². The number of benzene rings is 3. The minimum absolute atomic E-state index is 0.0752. The lowest BCUT2D eigenvalue weighted by atomic mass is 9.98. The van der Waals surface area contributed by atoms with Crippen molar-refractivity contribution < 1.29 is 15.0 Å². The number of carbonyl (C=O) groups excluding carboxylic acids is 1. The number of hydrogen-bond donors (Lipinski definition) is 2. The summed E-state index contributed by atoms with van der Waals surface area (Å²) >= 11 is 0. The normalized spacial score (nSPS) is 12.1. The summed E-state index contributed by atoms with van der Waals surface area (Å²) in [6.07, 6.45) is 0. The van der Waals surface area contributed by atoms with Crippen molar-refractivity contribution in [1.82, 2.24) is 4.90 Å². The fourth-order valence-electron chi connectivity index (χ4n) is 2.89. The van der Waals surface area contributed by atoms with E-state index >= 15 is 0 Å². The van der Waals surface area contributed by atoms with Crippen LogP contribution in [0.2, 0.25) is 0 Å². The van der Waals surface area contributed by atoms with Crippen LogP contribution in [0.5, 0.6) is 11.5 Å². The monoisotopic (exact) mass is 321 g/mol. The quantitative estimate of drug-likeness (QED) is 0.764. The van der Waals surface area contributed by atoms with Gasteiger partial charge in [0.05, 0.1) is 11.6 Å². The van der Waals surface area contributed by atoms with Gasteiger partial charge in [0.2, 0.25) is 0 Å². The third kappa shape index (κ3) is 2.78. The molecule has 3 aromatic rings. The number of nitrogens with zero attached hydrogens (tertiary/aromatic N) is 1. The minimum Gasteiger partial charge on any atom is -0.508 e. The summed E-state index contributed by atoms with van der Waals surface area (Å²) in [6, 6.07) is 17.9. The second-order valence-electron chi connectivity index (χ2n) is 5.86. The van der Waals surface area contributed by atoms with Crippen LogP contribution in [0.15, 0.2) is 60.7 Å². The molecule has 1 atom stereocenters. The van der Waals surface area contributed by atoms with Crippen molar-refractivity contribution in [1.29, 1.82) is 0 Å². The molecule has 122 valence electrons. The molecule has 0 aliphatic rings. The zero-order chi connectivity index (χ0) is 17.3. The molecule has 4 heteroatoms. The predicted molar refractivity (Wildman–Crippen MR) is 94.2 cm³/mol. The van der Waals surface area contributed by atoms with Crippen LogP contribution in [0, 0.1) is 0 Å². The Morgan fingerprint density at radius 1 is 1.00 bits per heavy atom. The zero-order valence-electron chi connectivity index (χ0n) is 13.6. The van der Waals surface area contributed by atoms with E-state index in [-0.39, 0.29) is 29.0 Å². The van der Waals surface area contributed by atoms with Crippen LogP contribution in [-0.2, 0) is 0 Å². The molecule has 0 bridgehead atoms. The maximum atomic E-state index is 12.7. The first kappa shape index (κ1) is 15.9. The molecule has 0 aliphatic carbocycles. The average molecular weight is 321 g/mol. The molecule has 0 radical (unpaired) electrons. The average Bonchev–Trinajstić information content (AvgIpc) is 2.59. The van der Waals surface area contributed by atoms with Crippen molar-refractivity contribution in [2.24, 2.45) is 0 Å². The molecule has 0 aliphatic heterocycles. The molecule has 0 saturated carbocycles. The summed E-state index contributed by atoms with van der Waals surface area (Å²) < 4.78 is 0. The Hall–Kier alpha value is -3.01. The zero-order valence-corrected chi connectivity index (χ0v) is 13.6. The SMILES string of the molecule is C[C@H](c1cccc2ccccc12)N(C)C(=O)c1ccc(O)cc1O. The molecular weight excluding hydrogens is 302 g/mol. The summed E-state index contributed by atoms with van der Waals surface area (Å²) in [5.74, 6) is -0.598. The van der Waals surface area contributed by atoms with Gasteiger partial charge >= 0.3 is 0 Å². The standard InChI is InChI=1S/C20H19NO3/c1-13(16-9-5-7-14-6-3-4-8-17(14)16)21(2)20(24)18-11-10-15(22)12-19(18)23/h3-13,22-23H,1-2H3/t13-/m1/s1. The van der Waals surface area contributed by atoms with Crippen LogP contribution in [0.1, 0.15) is 28.9 Å². The molecule has 0 saturated heterocycles. The highest BCUT2D eigenvalue weighted by Crippen LogP contribution is 2.30. The lowest BCUT2D eigenvalue weighted by Crippen LogP contribution is -2.29. The third-order valence-corrected chi connectivity index (χ3v) is 4.39. The highest BCUT2D eigenvalue weighted by Gasteiger charge is 2.22. The maximum absolute atomic E-state index is 12.7. The highest BCUT2D eigenvalue weighted by atomic mass is 16.3. The van der Waals surface area contributed by atoms with Crippen molar-refractivity contribution in [2.45, 2.75) is 13.0 Å². The van der Waals surface area contributed by atoms with Crippen LogP contribution in [0.3, 0.4) is 0 Å². The Labute approximate surface area is 140 Å².